The summed E-state index contributed by atoms with van der Waals surface area (Å²) in [5, 5.41) is 0. The zero-order valence-corrected chi connectivity index (χ0v) is 22.3. The van der Waals surface area contributed by atoms with E-state index in [1.807, 2.05) is 66.7 Å². The number of carbonyl (C=O) groups excluding carboxylic acids is 2. The summed E-state index contributed by atoms with van der Waals surface area (Å²) in [6.45, 7) is 1.81. The lowest BCUT2D eigenvalue weighted by Crippen LogP contribution is -2.40. The van der Waals surface area contributed by atoms with Gasteiger partial charge >= 0.3 is 0 Å². The number of halogens is 1. The Kier molecular flexibility index (Phi) is 8.81. The monoisotopic (exact) mass is 537 g/mol. The third-order valence-corrected chi connectivity index (χ3v) is 7.13. The molecular weight excluding hydrogens is 505 g/mol. The summed E-state index contributed by atoms with van der Waals surface area (Å²) in [4.78, 5) is 33.9. The Morgan fingerprint density at radius 3 is 2.42 bits per heavy atom. The second-order valence-electron chi connectivity index (χ2n) is 10.1. The second kappa shape index (κ2) is 13.0. The molecule has 1 aromatic heterocycles. The van der Waals surface area contributed by atoms with Crippen molar-refractivity contribution in [3.8, 4) is 5.75 Å². The number of amides is 2. The molecule has 40 heavy (non-hydrogen) atoms. The lowest BCUT2D eigenvalue weighted by molar-refractivity contribution is -0.139. The van der Waals surface area contributed by atoms with Crippen LogP contribution >= 0.6 is 0 Å². The molecule has 1 aliphatic rings. The fraction of sp³-hybridized carbons (Fsp3) is 0.242. The molecule has 0 N–H and O–H groups in total. The van der Waals surface area contributed by atoms with Gasteiger partial charge in [-0.2, -0.15) is 0 Å². The minimum absolute atomic E-state index is 0.00242. The van der Waals surface area contributed by atoms with Crippen molar-refractivity contribution < 1.29 is 18.7 Å². The van der Waals surface area contributed by atoms with Crippen molar-refractivity contribution in [2.24, 2.45) is 0 Å². The molecule has 2 amide bonds. The first-order valence-electron chi connectivity index (χ1n) is 13.5. The Bertz CT molecular complexity index is 1410. The summed E-state index contributed by atoms with van der Waals surface area (Å²) in [5.41, 5.74) is 4.01. The lowest BCUT2D eigenvalue weighted by atomic mass is 9.99. The van der Waals surface area contributed by atoms with E-state index in [9.17, 15) is 14.0 Å². The Balaban J connectivity index is 1.24. The van der Waals surface area contributed by atoms with Crippen molar-refractivity contribution in [1.82, 2.24) is 14.8 Å². The van der Waals surface area contributed by atoms with E-state index in [1.54, 1.807) is 34.3 Å². The van der Waals surface area contributed by atoms with E-state index in [0.717, 1.165) is 22.3 Å². The van der Waals surface area contributed by atoms with Crippen LogP contribution in [0.1, 0.15) is 34.6 Å². The molecule has 0 bridgehead atoms. The van der Waals surface area contributed by atoms with Crippen molar-refractivity contribution in [2.75, 3.05) is 19.7 Å². The summed E-state index contributed by atoms with van der Waals surface area (Å²) >= 11 is 0. The summed E-state index contributed by atoms with van der Waals surface area (Å²) in [7, 11) is 0. The Morgan fingerprint density at radius 2 is 1.65 bits per heavy atom. The number of pyridine rings is 1. The van der Waals surface area contributed by atoms with Crippen LogP contribution < -0.4 is 4.74 Å². The highest BCUT2D eigenvalue weighted by atomic mass is 19.1. The second-order valence-corrected chi connectivity index (χ2v) is 10.1. The molecule has 1 saturated heterocycles. The predicted molar refractivity (Wildman–Crippen MR) is 151 cm³/mol. The molecule has 5 rings (SSSR count). The van der Waals surface area contributed by atoms with Gasteiger partial charge in [0, 0.05) is 50.8 Å². The SMILES string of the molecule is O=C(CN1C[C@@H](c2ccccc2)CC1=O)N(Cc1ccncc1)Cc1cccc(OCCc2ccc(F)cc2)c1. The Morgan fingerprint density at radius 1 is 0.900 bits per heavy atom. The number of nitrogens with zero attached hydrogens (tertiary/aromatic N) is 3. The maximum Gasteiger partial charge on any atom is 0.242 e. The van der Waals surface area contributed by atoms with Crippen LogP contribution in [0.2, 0.25) is 0 Å². The number of carbonyl (C=O) groups is 2. The summed E-state index contributed by atoms with van der Waals surface area (Å²) < 4.78 is 19.1. The minimum Gasteiger partial charge on any atom is -0.493 e. The van der Waals surface area contributed by atoms with Crippen LogP contribution in [-0.2, 0) is 29.1 Å². The molecule has 0 unspecified atom stereocenters. The number of benzene rings is 3. The molecule has 0 aliphatic carbocycles. The van der Waals surface area contributed by atoms with Gasteiger partial charge in [-0.05, 0) is 58.7 Å². The Labute approximate surface area is 234 Å². The molecule has 1 atom stereocenters. The van der Waals surface area contributed by atoms with Crippen LogP contribution in [-0.4, -0.2) is 46.3 Å². The van der Waals surface area contributed by atoms with Crippen molar-refractivity contribution in [3.05, 3.63) is 131 Å². The smallest absolute Gasteiger partial charge is 0.242 e. The zero-order valence-electron chi connectivity index (χ0n) is 22.3. The van der Waals surface area contributed by atoms with Crippen LogP contribution in [0.25, 0.3) is 0 Å². The number of hydrogen-bond acceptors (Lipinski definition) is 4. The first kappa shape index (κ1) is 27.1. The van der Waals surface area contributed by atoms with Crippen molar-refractivity contribution in [2.45, 2.75) is 31.8 Å². The number of hydrogen-bond donors (Lipinski definition) is 0. The van der Waals surface area contributed by atoms with Crippen LogP contribution in [0, 0.1) is 5.82 Å². The van der Waals surface area contributed by atoms with E-state index in [-0.39, 0.29) is 30.1 Å². The van der Waals surface area contributed by atoms with E-state index in [0.29, 0.717) is 44.8 Å². The third-order valence-electron chi connectivity index (χ3n) is 7.13. The fourth-order valence-electron chi connectivity index (χ4n) is 4.97. The quantitative estimate of drug-likeness (QED) is 0.258. The number of aromatic nitrogens is 1. The molecule has 7 heteroatoms. The number of likely N-dealkylation sites (tertiary alicyclic amines) is 1. The van der Waals surface area contributed by atoms with Gasteiger partial charge in [0.15, 0.2) is 0 Å². The van der Waals surface area contributed by atoms with E-state index in [4.69, 9.17) is 4.74 Å². The van der Waals surface area contributed by atoms with Crippen molar-refractivity contribution in [1.29, 1.82) is 0 Å². The van der Waals surface area contributed by atoms with Crippen LogP contribution in [0.3, 0.4) is 0 Å². The minimum atomic E-state index is -0.256. The molecule has 204 valence electrons. The predicted octanol–water partition coefficient (Wildman–Crippen LogP) is 5.39. The maximum absolute atomic E-state index is 13.6. The largest absolute Gasteiger partial charge is 0.493 e. The van der Waals surface area contributed by atoms with Gasteiger partial charge in [0.2, 0.25) is 11.8 Å². The maximum atomic E-state index is 13.6. The highest BCUT2D eigenvalue weighted by Crippen LogP contribution is 2.28. The van der Waals surface area contributed by atoms with E-state index in [2.05, 4.69) is 4.98 Å². The number of ether oxygens (including phenoxy) is 1. The van der Waals surface area contributed by atoms with Crippen LogP contribution in [0.4, 0.5) is 4.39 Å². The third kappa shape index (κ3) is 7.32. The van der Waals surface area contributed by atoms with Gasteiger partial charge in [-0.25, -0.2) is 4.39 Å². The van der Waals surface area contributed by atoms with Gasteiger partial charge in [-0.1, -0.05) is 54.6 Å². The zero-order chi connectivity index (χ0) is 27.7. The van der Waals surface area contributed by atoms with Crippen molar-refractivity contribution in [3.63, 3.8) is 0 Å². The normalized spacial score (nSPS) is 14.8. The molecule has 0 radical (unpaired) electrons. The van der Waals surface area contributed by atoms with Gasteiger partial charge in [0.25, 0.3) is 0 Å². The lowest BCUT2D eigenvalue weighted by Gasteiger charge is -2.26. The van der Waals surface area contributed by atoms with Gasteiger partial charge in [-0.15, -0.1) is 0 Å². The molecule has 3 aromatic carbocycles. The standard InChI is InChI=1S/C33H32FN3O3/c34-30-11-9-25(10-12-30)15-18-40-31-8-4-5-27(19-31)22-36(21-26-13-16-35-17-14-26)33(39)24-37-23-29(20-32(37)38)28-6-2-1-3-7-28/h1-14,16-17,19,29H,15,18,20-24H2/t29-/m0/s1. The summed E-state index contributed by atoms with van der Waals surface area (Å²) in [6.07, 6.45) is 4.49. The molecule has 0 spiro atoms. The first-order valence-corrected chi connectivity index (χ1v) is 13.5. The molecule has 1 aliphatic heterocycles. The summed E-state index contributed by atoms with van der Waals surface area (Å²) in [5.74, 6) is 0.438. The topological polar surface area (TPSA) is 62.7 Å². The molecule has 4 aromatic rings. The van der Waals surface area contributed by atoms with Gasteiger partial charge in [0.1, 0.15) is 11.6 Å². The Hall–Kier alpha value is -4.52. The number of rotatable bonds is 11. The average molecular weight is 538 g/mol. The first-order chi connectivity index (χ1) is 19.5. The molecule has 6 nitrogen and oxygen atoms in total. The van der Waals surface area contributed by atoms with Crippen LogP contribution in [0.15, 0.2) is 103 Å². The fourth-order valence-corrected chi connectivity index (χ4v) is 4.97. The highest BCUT2D eigenvalue weighted by Gasteiger charge is 2.32. The van der Waals surface area contributed by atoms with Crippen LogP contribution in [0.5, 0.6) is 5.75 Å². The molecule has 2 heterocycles. The average Bonchev–Trinajstić information content (AvgIpc) is 3.35. The molecule has 0 saturated carbocycles. The van der Waals surface area contributed by atoms with Crippen molar-refractivity contribution >= 4 is 11.8 Å². The van der Waals surface area contributed by atoms with Gasteiger partial charge in [0.05, 0.1) is 13.2 Å². The molecular formula is C33H32FN3O3. The summed E-state index contributed by atoms with van der Waals surface area (Å²) in [6, 6.07) is 27.9. The van der Waals surface area contributed by atoms with E-state index < -0.39 is 0 Å². The van der Waals surface area contributed by atoms with Gasteiger partial charge in [-0.3, -0.25) is 14.6 Å². The van der Waals surface area contributed by atoms with E-state index >= 15 is 0 Å². The molecule has 1 fully saturated rings. The van der Waals surface area contributed by atoms with Gasteiger partial charge < -0.3 is 14.5 Å². The highest BCUT2D eigenvalue weighted by molar-refractivity contribution is 5.86. The van der Waals surface area contributed by atoms with E-state index in [1.165, 1.54) is 12.1 Å².